The third-order valence-electron chi connectivity index (χ3n) is 4.04. The Kier molecular flexibility index (Phi) is 8.37. The lowest BCUT2D eigenvalue weighted by Gasteiger charge is -2.11. The van der Waals surface area contributed by atoms with Crippen LogP contribution >= 0.6 is 61.1 Å². The second kappa shape index (κ2) is 11.0. The number of hydrogen-bond acceptors (Lipinski definition) is 5. The summed E-state index contributed by atoms with van der Waals surface area (Å²) in [6, 6.07) is 17.4. The Morgan fingerprint density at radius 1 is 1.13 bits per heavy atom. The largest absolute Gasteiger partial charge is 0.487 e. The summed E-state index contributed by atoms with van der Waals surface area (Å²) in [5, 5.41) is 15.0. The number of carbonyl (C=O) groups is 1. The Balaban J connectivity index is 1.67. The van der Waals surface area contributed by atoms with Crippen LogP contribution in [0.2, 0.25) is 0 Å². The summed E-state index contributed by atoms with van der Waals surface area (Å²) >= 11 is 7.78. The molecule has 0 fully saturated rings. The molecule has 0 saturated carbocycles. The summed E-state index contributed by atoms with van der Waals surface area (Å²) < 4.78 is 8.78. The van der Waals surface area contributed by atoms with Gasteiger partial charge < -0.3 is 4.74 Å². The first-order valence-corrected chi connectivity index (χ1v) is 11.7. The van der Waals surface area contributed by atoms with E-state index in [1.54, 1.807) is 6.07 Å². The molecule has 3 aromatic carbocycles. The Morgan fingerprint density at radius 2 is 1.77 bits per heavy atom. The van der Waals surface area contributed by atoms with Crippen molar-refractivity contribution >= 4 is 78.9 Å². The molecule has 158 valence electrons. The normalized spacial score (nSPS) is 10.8. The van der Waals surface area contributed by atoms with Gasteiger partial charge in [0, 0.05) is 10.5 Å². The van der Waals surface area contributed by atoms with E-state index < -0.39 is 10.8 Å². The molecule has 1 N–H and O–H groups in total. The number of nitrogens with zero attached hydrogens (tertiary/aromatic N) is 2. The van der Waals surface area contributed by atoms with Crippen molar-refractivity contribution in [3.63, 3.8) is 0 Å². The number of amides is 1. The van der Waals surface area contributed by atoms with Gasteiger partial charge >= 0.3 is 0 Å². The molecule has 0 aliphatic rings. The fourth-order valence-corrected chi connectivity index (χ4v) is 4.97. The van der Waals surface area contributed by atoms with E-state index in [1.807, 2.05) is 36.4 Å². The third kappa shape index (κ3) is 6.46. The standard InChI is InChI=1S/C21H14BrI2N3O4/c22-15-7-5-13(6-8-15)12-31-20-17(23)9-14(10-18(20)24)11-25-26-21(28)16-3-1-2-4-19(16)27(29)30/h1-11H,12H2,(H,26,28)/b25-11-. The Labute approximate surface area is 213 Å². The predicted molar refractivity (Wildman–Crippen MR) is 139 cm³/mol. The molecule has 0 aromatic heterocycles. The zero-order valence-electron chi connectivity index (χ0n) is 15.7. The summed E-state index contributed by atoms with van der Waals surface area (Å²) in [7, 11) is 0. The lowest BCUT2D eigenvalue weighted by molar-refractivity contribution is -0.385. The summed E-state index contributed by atoms with van der Waals surface area (Å²) in [6.45, 7) is 0.443. The SMILES string of the molecule is O=C(N/N=C\c1cc(I)c(OCc2ccc(Br)cc2)c(I)c1)c1ccccc1[N+](=O)[O-]. The van der Waals surface area contributed by atoms with Crippen LogP contribution in [-0.2, 0) is 6.61 Å². The van der Waals surface area contributed by atoms with Gasteiger partial charge in [0.1, 0.15) is 17.9 Å². The Hall–Kier alpha value is -2.06. The molecular formula is C21H14BrI2N3O4. The van der Waals surface area contributed by atoms with Gasteiger partial charge in [-0.25, -0.2) is 5.43 Å². The number of rotatable bonds is 7. The lowest BCUT2D eigenvalue weighted by Crippen LogP contribution is -2.19. The molecule has 31 heavy (non-hydrogen) atoms. The molecule has 0 aliphatic carbocycles. The van der Waals surface area contributed by atoms with Gasteiger partial charge in [0.2, 0.25) is 0 Å². The van der Waals surface area contributed by atoms with E-state index in [4.69, 9.17) is 4.74 Å². The quantitative estimate of drug-likeness (QED) is 0.143. The van der Waals surface area contributed by atoms with Crippen LogP contribution in [0, 0.1) is 17.3 Å². The first-order valence-electron chi connectivity index (χ1n) is 8.78. The fourth-order valence-electron chi connectivity index (χ4n) is 2.58. The minimum absolute atomic E-state index is 0.0505. The van der Waals surface area contributed by atoms with Crippen LogP contribution in [0.1, 0.15) is 21.5 Å². The number of hydrogen-bond donors (Lipinski definition) is 1. The van der Waals surface area contributed by atoms with Gasteiger partial charge in [-0.3, -0.25) is 14.9 Å². The Bertz CT molecular complexity index is 1130. The number of benzene rings is 3. The number of nitro groups is 1. The Morgan fingerprint density at radius 3 is 2.42 bits per heavy atom. The number of hydrazone groups is 1. The highest BCUT2D eigenvalue weighted by molar-refractivity contribution is 14.1. The van der Waals surface area contributed by atoms with Crippen molar-refractivity contribution in [1.29, 1.82) is 0 Å². The molecule has 0 radical (unpaired) electrons. The topological polar surface area (TPSA) is 93.8 Å². The maximum Gasteiger partial charge on any atom is 0.282 e. The molecule has 1 amide bonds. The van der Waals surface area contributed by atoms with Gasteiger partial charge in [-0.05, 0) is 86.6 Å². The van der Waals surface area contributed by atoms with Crippen molar-refractivity contribution in [2.75, 3.05) is 0 Å². The van der Waals surface area contributed by atoms with Crippen LogP contribution in [0.5, 0.6) is 5.75 Å². The van der Waals surface area contributed by atoms with Crippen molar-refractivity contribution in [3.05, 3.63) is 99.1 Å². The monoisotopic (exact) mass is 705 g/mol. The molecule has 10 heteroatoms. The third-order valence-corrected chi connectivity index (χ3v) is 6.17. The van der Waals surface area contributed by atoms with E-state index in [0.29, 0.717) is 6.61 Å². The van der Waals surface area contributed by atoms with E-state index in [1.165, 1.54) is 24.4 Å². The summed E-state index contributed by atoms with van der Waals surface area (Å²) in [4.78, 5) is 22.7. The first-order chi connectivity index (χ1) is 14.8. The van der Waals surface area contributed by atoms with Crippen molar-refractivity contribution in [1.82, 2.24) is 5.43 Å². The molecular weight excluding hydrogens is 692 g/mol. The number of carbonyl (C=O) groups excluding carboxylic acids is 1. The van der Waals surface area contributed by atoms with E-state index in [0.717, 1.165) is 28.5 Å². The summed E-state index contributed by atoms with van der Waals surface area (Å²) in [5.41, 5.74) is 3.82. The zero-order chi connectivity index (χ0) is 22.4. The highest BCUT2D eigenvalue weighted by Gasteiger charge is 2.18. The maximum absolute atomic E-state index is 12.2. The van der Waals surface area contributed by atoms with Crippen LogP contribution < -0.4 is 10.2 Å². The number of para-hydroxylation sites is 1. The van der Waals surface area contributed by atoms with Gasteiger partial charge in [0.15, 0.2) is 0 Å². The average molecular weight is 706 g/mol. The summed E-state index contributed by atoms with van der Waals surface area (Å²) in [6.07, 6.45) is 1.48. The van der Waals surface area contributed by atoms with E-state index in [-0.39, 0.29) is 11.3 Å². The van der Waals surface area contributed by atoms with Crippen LogP contribution in [0.3, 0.4) is 0 Å². The molecule has 0 aliphatic heterocycles. The van der Waals surface area contributed by atoms with Gasteiger partial charge in [0.25, 0.3) is 11.6 Å². The fraction of sp³-hybridized carbons (Fsp3) is 0.0476. The number of halogens is 3. The molecule has 0 heterocycles. The molecule has 3 rings (SSSR count). The predicted octanol–water partition coefficient (Wildman–Crippen LogP) is 5.91. The highest BCUT2D eigenvalue weighted by atomic mass is 127. The number of nitro benzene ring substituents is 1. The van der Waals surface area contributed by atoms with Crippen LogP contribution in [0.25, 0.3) is 0 Å². The van der Waals surface area contributed by atoms with Crippen molar-refractivity contribution < 1.29 is 14.5 Å². The number of ether oxygens (including phenoxy) is 1. The molecule has 0 atom stereocenters. The molecule has 0 saturated heterocycles. The second-order valence-electron chi connectivity index (χ2n) is 6.20. The zero-order valence-corrected chi connectivity index (χ0v) is 21.6. The van der Waals surface area contributed by atoms with E-state index in [2.05, 4.69) is 71.6 Å². The van der Waals surface area contributed by atoms with Crippen LogP contribution in [0.4, 0.5) is 5.69 Å². The minimum Gasteiger partial charge on any atom is -0.487 e. The first kappa shape index (κ1) is 23.6. The van der Waals surface area contributed by atoms with Crippen molar-refractivity contribution in [2.45, 2.75) is 6.61 Å². The van der Waals surface area contributed by atoms with Crippen LogP contribution in [-0.4, -0.2) is 17.0 Å². The second-order valence-corrected chi connectivity index (χ2v) is 9.44. The van der Waals surface area contributed by atoms with Gasteiger partial charge in [0.05, 0.1) is 18.3 Å². The van der Waals surface area contributed by atoms with E-state index >= 15 is 0 Å². The molecule has 0 bridgehead atoms. The van der Waals surface area contributed by atoms with Gasteiger partial charge in [-0.15, -0.1) is 0 Å². The molecule has 7 nitrogen and oxygen atoms in total. The highest BCUT2D eigenvalue weighted by Crippen LogP contribution is 2.29. The summed E-state index contributed by atoms with van der Waals surface area (Å²) in [5.74, 6) is 0.118. The van der Waals surface area contributed by atoms with Crippen molar-refractivity contribution in [2.24, 2.45) is 5.10 Å². The molecule has 0 spiro atoms. The molecule has 3 aromatic rings. The maximum atomic E-state index is 12.2. The van der Waals surface area contributed by atoms with E-state index in [9.17, 15) is 14.9 Å². The van der Waals surface area contributed by atoms with Crippen molar-refractivity contribution in [3.8, 4) is 5.75 Å². The van der Waals surface area contributed by atoms with Gasteiger partial charge in [-0.2, -0.15) is 5.10 Å². The minimum atomic E-state index is -0.651. The lowest BCUT2D eigenvalue weighted by atomic mass is 10.2. The smallest absolute Gasteiger partial charge is 0.282 e. The number of nitrogens with one attached hydrogen (secondary N) is 1. The van der Waals surface area contributed by atoms with Crippen LogP contribution in [0.15, 0.2) is 70.2 Å². The average Bonchev–Trinajstić information content (AvgIpc) is 2.74. The van der Waals surface area contributed by atoms with Gasteiger partial charge in [-0.1, -0.05) is 40.2 Å². The molecule has 0 unspecified atom stereocenters.